The smallest absolute Gasteiger partial charge is 0.264 e. The van der Waals surface area contributed by atoms with Gasteiger partial charge in [0.15, 0.2) is 0 Å². The topological polar surface area (TPSA) is 57.7 Å². The zero-order valence-corrected chi connectivity index (χ0v) is 14.9. The number of likely N-dealkylation sites (tertiary alicyclic amines) is 2. The Hall–Kier alpha value is -2.47. The largest absolute Gasteiger partial charge is 0.334 e. The highest BCUT2D eigenvalue weighted by Gasteiger charge is 2.52. The Morgan fingerprint density at radius 3 is 2.31 bits per heavy atom. The summed E-state index contributed by atoms with van der Waals surface area (Å²) in [5.74, 6) is -0.507. The van der Waals surface area contributed by atoms with E-state index >= 15 is 0 Å². The number of carbonyl (C=O) groups excluding carboxylic acids is 3. The predicted molar refractivity (Wildman–Crippen MR) is 98.7 cm³/mol. The van der Waals surface area contributed by atoms with E-state index in [2.05, 4.69) is 0 Å². The van der Waals surface area contributed by atoms with Crippen LogP contribution in [-0.4, -0.2) is 46.7 Å². The fourth-order valence-corrected chi connectivity index (χ4v) is 5.24. The van der Waals surface area contributed by atoms with Crippen LogP contribution in [-0.2, 0) is 9.59 Å². The summed E-state index contributed by atoms with van der Waals surface area (Å²) in [6, 6.07) is 9.68. The monoisotopic (exact) mass is 366 g/mol. The molecule has 1 aromatic heterocycles. The van der Waals surface area contributed by atoms with Crippen molar-refractivity contribution < 1.29 is 14.4 Å². The number of nitrogens with zero attached hydrogens (tertiary/aromatic N) is 2. The lowest BCUT2D eigenvalue weighted by molar-refractivity contribution is -0.145. The number of thiophene rings is 1. The van der Waals surface area contributed by atoms with Crippen LogP contribution in [0.2, 0.25) is 0 Å². The minimum atomic E-state index is -0.195. The summed E-state index contributed by atoms with van der Waals surface area (Å²) in [4.78, 5) is 41.8. The third kappa shape index (κ3) is 2.25. The first-order valence-electron chi connectivity index (χ1n) is 8.93. The van der Waals surface area contributed by atoms with Gasteiger partial charge in [-0.3, -0.25) is 19.3 Å². The molecule has 1 aromatic carbocycles. The van der Waals surface area contributed by atoms with E-state index in [1.54, 1.807) is 4.90 Å². The zero-order valence-electron chi connectivity index (χ0n) is 14.1. The molecule has 2 atom stereocenters. The number of benzene rings is 1. The Bertz CT molecular complexity index is 898. The molecule has 3 heterocycles. The van der Waals surface area contributed by atoms with Gasteiger partial charge in [0.1, 0.15) is 0 Å². The van der Waals surface area contributed by atoms with Crippen LogP contribution in [0.4, 0.5) is 0 Å². The van der Waals surface area contributed by atoms with Gasteiger partial charge in [0.25, 0.3) is 5.91 Å². The molecular weight excluding hydrogens is 348 g/mol. The van der Waals surface area contributed by atoms with E-state index in [1.807, 2.05) is 42.5 Å². The molecule has 0 saturated carbocycles. The molecular formula is C20H18N2O3S. The molecule has 0 bridgehead atoms. The first kappa shape index (κ1) is 15.8. The maximum atomic E-state index is 12.7. The zero-order chi connectivity index (χ0) is 17.8. The van der Waals surface area contributed by atoms with Gasteiger partial charge in [0.2, 0.25) is 11.8 Å². The van der Waals surface area contributed by atoms with Crippen molar-refractivity contribution in [2.45, 2.75) is 18.9 Å². The summed E-state index contributed by atoms with van der Waals surface area (Å²) in [5, 5.41) is 1.07. The number of imide groups is 1. The average molecular weight is 366 g/mol. The summed E-state index contributed by atoms with van der Waals surface area (Å²) < 4.78 is 1.09. The third-order valence-electron chi connectivity index (χ3n) is 5.69. The van der Waals surface area contributed by atoms with E-state index in [0.29, 0.717) is 30.8 Å². The summed E-state index contributed by atoms with van der Waals surface area (Å²) >= 11 is 1.49. The van der Waals surface area contributed by atoms with Crippen LogP contribution < -0.4 is 0 Å². The van der Waals surface area contributed by atoms with Crippen molar-refractivity contribution in [1.29, 1.82) is 0 Å². The molecule has 2 aromatic rings. The van der Waals surface area contributed by atoms with Gasteiger partial charge < -0.3 is 4.90 Å². The van der Waals surface area contributed by atoms with E-state index in [-0.39, 0.29) is 35.6 Å². The number of fused-ring (bicyclic) bond motifs is 2. The van der Waals surface area contributed by atoms with E-state index in [4.69, 9.17) is 0 Å². The van der Waals surface area contributed by atoms with Crippen LogP contribution in [0, 0.1) is 11.8 Å². The molecule has 3 aliphatic rings. The molecule has 1 aliphatic carbocycles. The van der Waals surface area contributed by atoms with Gasteiger partial charge in [-0.15, -0.1) is 11.3 Å². The van der Waals surface area contributed by atoms with Crippen LogP contribution in [0.3, 0.4) is 0 Å². The molecule has 132 valence electrons. The van der Waals surface area contributed by atoms with Crippen LogP contribution in [0.5, 0.6) is 0 Å². The summed E-state index contributed by atoms with van der Waals surface area (Å²) in [7, 11) is 0. The Kier molecular flexibility index (Phi) is 3.50. The number of carbonyl (C=O) groups is 3. The quantitative estimate of drug-likeness (QED) is 0.607. The van der Waals surface area contributed by atoms with Gasteiger partial charge in [-0.25, -0.2) is 0 Å². The first-order valence-corrected chi connectivity index (χ1v) is 9.75. The predicted octanol–water partition coefficient (Wildman–Crippen LogP) is 2.68. The fraction of sp³-hybridized carbons (Fsp3) is 0.350. The van der Waals surface area contributed by atoms with E-state index in [0.717, 1.165) is 10.1 Å². The van der Waals surface area contributed by atoms with Crippen molar-refractivity contribution in [2.24, 2.45) is 11.8 Å². The molecule has 6 heteroatoms. The Labute approximate surface area is 154 Å². The molecule has 0 N–H and O–H groups in total. The average Bonchev–Trinajstić information content (AvgIpc) is 3.16. The van der Waals surface area contributed by atoms with Crippen molar-refractivity contribution in [3.8, 4) is 0 Å². The summed E-state index contributed by atoms with van der Waals surface area (Å²) in [6.45, 7) is 0.884. The van der Waals surface area contributed by atoms with E-state index < -0.39 is 0 Å². The Morgan fingerprint density at radius 2 is 1.65 bits per heavy atom. The SMILES string of the molecule is O=C(c1cc2ccccc2s1)N1CC(N2C(=O)C3CC=CCC3C2=O)C1. The lowest BCUT2D eigenvalue weighted by Gasteiger charge is -2.43. The second-order valence-electron chi connectivity index (χ2n) is 7.21. The van der Waals surface area contributed by atoms with Gasteiger partial charge >= 0.3 is 0 Å². The van der Waals surface area contributed by atoms with Gasteiger partial charge in [-0.05, 0) is 30.4 Å². The number of hydrogen-bond donors (Lipinski definition) is 0. The summed E-state index contributed by atoms with van der Waals surface area (Å²) in [5.41, 5.74) is 0. The molecule has 26 heavy (non-hydrogen) atoms. The molecule has 3 amide bonds. The third-order valence-corrected chi connectivity index (χ3v) is 6.80. The molecule has 5 nitrogen and oxygen atoms in total. The van der Waals surface area contributed by atoms with Crippen molar-refractivity contribution in [1.82, 2.24) is 9.80 Å². The van der Waals surface area contributed by atoms with Gasteiger partial charge in [-0.1, -0.05) is 30.4 Å². The van der Waals surface area contributed by atoms with E-state index in [1.165, 1.54) is 16.2 Å². The van der Waals surface area contributed by atoms with Crippen LogP contribution in [0.15, 0.2) is 42.5 Å². The number of hydrogen-bond acceptors (Lipinski definition) is 4. The molecule has 2 fully saturated rings. The van der Waals surface area contributed by atoms with Crippen LogP contribution in [0.25, 0.3) is 10.1 Å². The van der Waals surface area contributed by atoms with Crippen LogP contribution >= 0.6 is 11.3 Å². The van der Waals surface area contributed by atoms with Crippen molar-refractivity contribution >= 4 is 39.1 Å². The number of amides is 3. The second kappa shape index (κ2) is 5.77. The molecule has 5 rings (SSSR count). The van der Waals surface area contributed by atoms with Gasteiger partial charge in [-0.2, -0.15) is 0 Å². The van der Waals surface area contributed by atoms with E-state index in [9.17, 15) is 14.4 Å². The number of rotatable bonds is 2. The van der Waals surface area contributed by atoms with Crippen molar-refractivity contribution in [3.05, 3.63) is 47.4 Å². The summed E-state index contributed by atoms with van der Waals surface area (Å²) in [6.07, 6.45) is 5.30. The van der Waals surface area contributed by atoms with Crippen molar-refractivity contribution in [3.63, 3.8) is 0 Å². The molecule has 0 radical (unpaired) electrons. The first-order chi connectivity index (χ1) is 12.6. The molecule has 0 spiro atoms. The second-order valence-corrected chi connectivity index (χ2v) is 8.30. The number of allylic oxidation sites excluding steroid dienone is 2. The molecule has 2 saturated heterocycles. The normalized spacial score (nSPS) is 25.7. The molecule has 2 aliphatic heterocycles. The van der Waals surface area contributed by atoms with Gasteiger partial charge in [0.05, 0.1) is 22.8 Å². The van der Waals surface area contributed by atoms with Crippen LogP contribution in [0.1, 0.15) is 22.5 Å². The maximum Gasteiger partial charge on any atom is 0.264 e. The van der Waals surface area contributed by atoms with Gasteiger partial charge in [0, 0.05) is 17.8 Å². The standard InChI is InChI=1S/C20H18N2O3S/c23-18-14-6-2-3-7-15(14)19(24)22(18)13-10-21(11-13)20(25)17-9-12-5-1-4-8-16(12)26-17/h1-5,8-9,13-15H,6-7,10-11H2. The highest BCUT2D eigenvalue weighted by Crippen LogP contribution is 2.38. The Morgan fingerprint density at radius 1 is 1.00 bits per heavy atom. The lowest BCUT2D eigenvalue weighted by Crippen LogP contribution is -2.62. The van der Waals surface area contributed by atoms with Crippen molar-refractivity contribution in [2.75, 3.05) is 13.1 Å². The minimum absolute atomic E-state index is 0.0133. The highest BCUT2D eigenvalue weighted by molar-refractivity contribution is 7.20. The lowest BCUT2D eigenvalue weighted by atomic mass is 9.85. The minimum Gasteiger partial charge on any atom is -0.334 e. The highest BCUT2D eigenvalue weighted by atomic mass is 32.1. The fourth-order valence-electron chi connectivity index (χ4n) is 4.21. The Balaban J connectivity index is 1.29. The maximum absolute atomic E-state index is 12.7. The molecule has 2 unspecified atom stereocenters.